The number of amides is 1. The van der Waals surface area contributed by atoms with Gasteiger partial charge in [0.2, 0.25) is 0 Å². The Morgan fingerprint density at radius 1 is 1.04 bits per heavy atom. The van der Waals surface area contributed by atoms with Gasteiger partial charge in [0.05, 0.1) is 7.11 Å². The molecule has 2 N–H and O–H groups in total. The summed E-state index contributed by atoms with van der Waals surface area (Å²) in [4.78, 5) is 20.5. The Hall–Kier alpha value is -3.41. The van der Waals surface area contributed by atoms with Crippen molar-refractivity contribution < 1.29 is 9.53 Å². The number of ether oxygens (including phenoxy) is 1. The van der Waals surface area contributed by atoms with E-state index in [1.54, 1.807) is 13.2 Å². The SMILES string of the molecule is COc1ccc(CCNc2cc(C(=O)Nc3ccccc3)ncn2)cc1. The van der Waals surface area contributed by atoms with Crippen molar-refractivity contribution in [3.05, 3.63) is 78.2 Å². The molecule has 0 unspecified atom stereocenters. The zero-order valence-corrected chi connectivity index (χ0v) is 14.5. The van der Waals surface area contributed by atoms with E-state index in [0.717, 1.165) is 17.9 Å². The predicted octanol–water partition coefficient (Wildman–Crippen LogP) is 3.39. The van der Waals surface area contributed by atoms with Crippen LogP contribution in [0.5, 0.6) is 5.75 Å². The number of benzene rings is 2. The van der Waals surface area contributed by atoms with E-state index < -0.39 is 0 Å². The molecule has 2 aromatic carbocycles. The van der Waals surface area contributed by atoms with Crippen LogP contribution in [-0.2, 0) is 6.42 Å². The molecule has 0 aliphatic heterocycles. The predicted molar refractivity (Wildman–Crippen MR) is 102 cm³/mol. The fraction of sp³-hybridized carbons (Fsp3) is 0.150. The van der Waals surface area contributed by atoms with Crippen molar-refractivity contribution in [1.82, 2.24) is 9.97 Å². The molecule has 3 aromatic rings. The van der Waals surface area contributed by atoms with Crippen molar-refractivity contribution in [2.24, 2.45) is 0 Å². The highest BCUT2D eigenvalue weighted by Crippen LogP contribution is 2.12. The molecule has 0 bridgehead atoms. The highest BCUT2D eigenvalue weighted by atomic mass is 16.5. The van der Waals surface area contributed by atoms with E-state index in [4.69, 9.17) is 4.74 Å². The number of methoxy groups -OCH3 is 1. The monoisotopic (exact) mass is 348 g/mol. The van der Waals surface area contributed by atoms with E-state index >= 15 is 0 Å². The topological polar surface area (TPSA) is 76.1 Å². The number of rotatable bonds is 7. The first-order valence-corrected chi connectivity index (χ1v) is 8.30. The Morgan fingerprint density at radius 3 is 2.54 bits per heavy atom. The molecule has 0 aliphatic carbocycles. The van der Waals surface area contributed by atoms with Gasteiger partial charge in [0, 0.05) is 18.3 Å². The molecular weight excluding hydrogens is 328 g/mol. The van der Waals surface area contributed by atoms with Crippen LogP contribution in [0.1, 0.15) is 16.1 Å². The second kappa shape index (κ2) is 8.62. The minimum Gasteiger partial charge on any atom is -0.497 e. The van der Waals surface area contributed by atoms with E-state index in [2.05, 4.69) is 20.6 Å². The van der Waals surface area contributed by atoms with Gasteiger partial charge in [0.1, 0.15) is 23.6 Å². The van der Waals surface area contributed by atoms with Crippen LogP contribution in [0, 0.1) is 0 Å². The fourth-order valence-electron chi connectivity index (χ4n) is 2.42. The lowest BCUT2D eigenvalue weighted by atomic mass is 10.1. The van der Waals surface area contributed by atoms with Gasteiger partial charge in [-0.3, -0.25) is 4.79 Å². The first kappa shape index (κ1) is 17.4. The summed E-state index contributed by atoms with van der Waals surface area (Å²) in [5.74, 6) is 1.19. The average molecular weight is 348 g/mol. The van der Waals surface area contributed by atoms with Gasteiger partial charge in [-0.25, -0.2) is 9.97 Å². The summed E-state index contributed by atoms with van der Waals surface area (Å²) in [6.45, 7) is 0.698. The molecule has 0 saturated heterocycles. The van der Waals surface area contributed by atoms with Gasteiger partial charge in [-0.05, 0) is 36.2 Å². The molecule has 0 fully saturated rings. The third-order valence-corrected chi connectivity index (χ3v) is 3.81. The maximum absolute atomic E-state index is 12.3. The molecule has 0 spiro atoms. The van der Waals surface area contributed by atoms with Crippen LogP contribution in [0.25, 0.3) is 0 Å². The Kier molecular flexibility index (Phi) is 5.77. The first-order valence-electron chi connectivity index (χ1n) is 8.30. The normalized spacial score (nSPS) is 10.2. The molecule has 0 radical (unpaired) electrons. The summed E-state index contributed by atoms with van der Waals surface area (Å²) in [7, 11) is 1.65. The molecule has 3 rings (SSSR count). The number of carbonyl (C=O) groups is 1. The standard InChI is InChI=1S/C20H20N4O2/c1-26-17-9-7-15(8-10-17)11-12-21-19-13-18(22-14-23-19)20(25)24-16-5-3-2-4-6-16/h2-10,13-14H,11-12H2,1H3,(H,24,25)(H,21,22,23). The van der Waals surface area contributed by atoms with Gasteiger partial charge in [-0.2, -0.15) is 0 Å². The molecule has 132 valence electrons. The molecule has 0 aliphatic rings. The summed E-state index contributed by atoms with van der Waals surface area (Å²) < 4.78 is 5.15. The zero-order chi connectivity index (χ0) is 18.2. The average Bonchev–Trinajstić information content (AvgIpc) is 2.69. The summed E-state index contributed by atoms with van der Waals surface area (Å²) >= 11 is 0. The molecule has 6 heteroatoms. The highest BCUT2D eigenvalue weighted by molar-refractivity contribution is 6.03. The van der Waals surface area contributed by atoms with Crippen molar-refractivity contribution in [2.45, 2.75) is 6.42 Å². The third-order valence-electron chi connectivity index (χ3n) is 3.81. The molecule has 1 heterocycles. The number of aromatic nitrogens is 2. The fourth-order valence-corrected chi connectivity index (χ4v) is 2.42. The summed E-state index contributed by atoms with van der Waals surface area (Å²) in [5, 5.41) is 6.03. The van der Waals surface area contributed by atoms with Gasteiger partial charge in [0.15, 0.2) is 0 Å². The Bertz CT molecular complexity index is 851. The largest absolute Gasteiger partial charge is 0.497 e. The van der Waals surface area contributed by atoms with Crippen LogP contribution in [0.3, 0.4) is 0 Å². The molecule has 1 amide bonds. The number of para-hydroxylation sites is 1. The number of carbonyl (C=O) groups excluding carboxylic acids is 1. The minimum absolute atomic E-state index is 0.267. The van der Waals surface area contributed by atoms with Gasteiger partial charge in [0.25, 0.3) is 5.91 Å². The Morgan fingerprint density at radius 2 is 1.81 bits per heavy atom. The maximum Gasteiger partial charge on any atom is 0.274 e. The van der Waals surface area contributed by atoms with E-state index in [1.165, 1.54) is 11.9 Å². The number of anilines is 2. The third kappa shape index (κ3) is 4.80. The van der Waals surface area contributed by atoms with Crippen molar-refractivity contribution in [2.75, 3.05) is 24.3 Å². The van der Waals surface area contributed by atoms with Crippen molar-refractivity contribution >= 4 is 17.4 Å². The summed E-state index contributed by atoms with van der Waals surface area (Å²) in [6.07, 6.45) is 2.22. The van der Waals surface area contributed by atoms with Crippen molar-refractivity contribution in [3.8, 4) is 5.75 Å². The summed E-state index contributed by atoms with van der Waals surface area (Å²) in [5.41, 5.74) is 2.23. The first-order chi connectivity index (χ1) is 12.7. The van der Waals surface area contributed by atoms with Crippen molar-refractivity contribution in [3.63, 3.8) is 0 Å². The highest BCUT2D eigenvalue weighted by Gasteiger charge is 2.09. The Balaban J connectivity index is 1.55. The Labute approximate surface area is 152 Å². The second-order valence-electron chi connectivity index (χ2n) is 5.63. The van der Waals surface area contributed by atoms with Gasteiger partial charge in [-0.15, -0.1) is 0 Å². The van der Waals surface area contributed by atoms with Gasteiger partial charge in [-0.1, -0.05) is 30.3 Å². The lowest BCUT2D eigenvalue weighted by molar-refractivity contribution is 0.102. The lowest BCUT2D eigenvalue weighted by Gasteiger charge is -2.08. The number of hydrogen-bond acceptors (Lipinski definition) is 5. The smallest absolute Gasteiger partial charge is 0.274 e. The van der Waals surface area contributed by atoms with E-state index in [9.17, 15) is 4.79 Å². The van der Waals surface area contributed by atoms with Gasteiger partial charge >= 0.3 is 0 Å². The van der Waals surface area contributed by atoms with Crippen LogP contribution in [0.2, 0.25) is 0 Å². The number of hydrogen-bond donors (Lipinski definition) is 2. The van der Waals surface area contributed by atoms with E-state index in [1.807, 2.05) is 54.6 Å². The van der Waals surface area contributed by atoms with E-state index in [0.29, 0.717) is 18.1 Å². The van der Waals surface area contributed by atoms with Crippen LogP contribution in [-0.4, -0.2) is 29.5 Å². The molecule has 0 saturated carbocycles. The second-order valence-corrected chi connectivity index (χ2v) is 5.63. The van der Waals surface area contributed by atoms with Crippen LogP contribution in [0.4, 0.5) is 11.5 Å². The molecule has 0 atom stereocenters. The van der Waals surface area contributed by atoms with Crippen LogP contribution < -0.4 is 15.4 Å². The maximum atomic E-state index is 12.3. The molecule has 26 heavy (non-hydrogen) atoms. The lowest BCUT2D eigenvalue weighted by Crippen LogP contribution is -2.15. The molecular formula is C20H20N4O2. The molecule has 6 nitrogen and oxygen atoms in total. The summed E-state index contributed by atoms with van der Waals surface area (Å²) in [6, 6.07) is 18.8. The zero-order valence-electron chi connectivity index (χ0n) is 14.5. The van der Waals surface area contributed by atoms with Crippen molar-refractivity contribution in [1.29, 1.82) is 0 Å². The van der Waals surface area contributed by atoms with Crippen LogP contribution in [0.15, 0.2) is 67.0 Å². The number of nitrogens with one attached hydrogen (secondary N) is 2. The van der Waals surface area contributed by atoms with Crippen LogP contribution >= 0.6 is 0 Å². The quantitative estimate of drug-likeness (QED) is 0.684. The molecule has 1 aromatic heterocycles. The van der Waals surface area contributed by atoms with E-state index in [-0.39, 0.29) is 5.91 Å². The number of nitrogens with zero attached hydrogens (tertiary/aromatic N) is 2. The van der Waals surface area contributed by atoms with Gasteiger partial charge < -0.3 is 15.4 Å². The minimum atomic E-state index is -0.267.